The van der Waals surface area contributed by atoms with Gasteiger partial charge in [-0.2, -0.15) is 0 Å². The fourth-order valence-electron chi connectivity index (χ4n) is 5.53. The minimum atomic E-state index is -5.47. The smallest absolute Gasteiger partial charge is 0.272 e. The van der Waals surface area contributed by atoms with Gasteiger partial charge in [-0.1, -0.05) is 11.8 Å². The van der Waals surface area contributed by atoms with Crippen LogP contribution in [0.25, 0.3) is 0 Å². The van der Waals surface area contributed by atoms with Gasteiger partial charge >= 0.3 is 0 Å². The monoisotopic (exact) mass is 1570 g/mol. The van der Waals surface area contributed by atoms with Crippen molar-refractivity contribution in [1.29, 1.82) is 0 Å². The van der Waals surface area contributed by atoms with E-state index in [9.17, 15) is 95.4 Å². The maximum atomic E-state index is 11.5. The van der Waals surface area contributed by atoms with E-state index in [-0.39, 0.29) is 148 Å². The SMILES string of the molecule is CC#CCNC(C)=O.CC#CCNC(C)=O.COP(=O)([O-])OP(=O)([O-])C[PH](=O)OC[C@H]1O[C@@H](C)CC1O.COP(=O)([O-])OP(=O)([O-])C[PH](=O)OC[C@H]1O[C@@H](C)CC1O.C[C@H]1CC(O)[C@@H](CO[PH](=O)CP(=O)([O-])OP(=O)([O-])O)O1.[Y].[Y].[Y]. The molecule has 0 aromatic heterocycles. The first-order chi connectivity index (χ1) is 35.6. The summed E-state index contributed by atoms with van der Waals surface area (Å²) in [4.78, 5) is 94.3. The van der Waals surface area contributed by atoms with Crippen LogP contribution in [0.4, 0.5) is 0 Å². The number of carbonyl (C=O) groups excluding carboxylic acids is 2. The first-order valence-electron chi connectivity index (χ1n) is 22.2. The molecule has 0 aliphatic carbocycles. The fourth-order valence-corrected chi connectivity index (χ4v) is 17.9. The molecule has 0 bridgehead atoms. The Morgan fingerprint density at radius 2 is 0.790 bits per heavy atom. The molecule has 34 nitrogen and oxygen atoms in total. The number of phosphoric ester groups is 2. The van der Waals surface area contributed by atoms with E-state index in [4.69, 9.17) is 32.7 Å². The zero-order chi connectivity index (χ0) is 60.9. The van der Waals surface area contributed by atoms with Gasteiger partial charge < -0.3 is 111 Å². The molecule has 469 valence electrons. The molecule has 3 aliphatic rings. The number of hydrogen-bond acceptors (Lipinski definition) is 31. The number of hydrogen-bond donors (Lipinski definition) is 6. The van der Waals surface area contributed by atoms with E-state index in [1.165, 1.54) is 13.8 Å². The van der Waals surface area contributed by atoms with Crippen molar-refractivity contribution in [3.63, 3.8) is 0 Å². The Hall–Kier alpha value is 2.60. The number of aliphatic hydroxyl groups is 3. The number of nitrogens with one attached hydrogen (secondary N) is 2. The largest absolute Gasteiger partial charge is 0.778 e. The Kier molecular flexibility index (Phi) is 53.2. The summed E-state index contributed by atoms with van der Waals surface area (Å²) in [5, 5.41) is 33.7. The summed E-state index contributed by atoms with van der Waals surface area (Å²) >= 11 is 0. The first kappa shape index (κ1) is 92.3. The molecular weight excluding hydrogens is 1510 g/mol. The summed E-state index contributed by atoms with van der Waals surface area (Å²) in [6, 6.07) is 0. The van der Waals surface area contributed by atoms with Gasteiger partial charge in [-0.3, -0.25) is 49.9 Å². The van der Waals surface area contributed by atoms with Crippen molar-refractivity contribution in [3.8, 4) is 23.7 Å². The maximum absolute atomic E-state index is 11.5. The molecule has 3 fully saturated rings. The average Bonchev–Trinajstić information content (AvgIpc) is 3.90. The van der Waals surface area contributed by atoms with E-state index < -0.39 is 125 Å². The van der Waals surface area contributed by atoms with E-state index >= 15 is 0 Å². The van der Waals surface area contributed by atoms with Gasteiger partial charge in [0.2, 0.25) is 11.8 Å². The predicted octanol–water partition coefficient (Wildman–Crippen LogP) is -1.40. The van der Waals surface area contributed by atoms with Crippen molar-refractivity contribution < 1.29 is 248 Å². The van der Waals surface area contributed by atoms with Crippen LogP contribution in [0.15, 0.2) is 0 Å². The summed E-state index contributed by atoms with van der Waals surface area (Å²) in [5.41, 5.74) is 0. The molecule has 2 amide bonds. The Balaban J connectivity index is -0.000000309. The van der Waals surface area contributed by atoms with Crippen LogP contribution in [0.1, 0.15) is 67.7 Å². The third-order valence-electron chi connectivity index (χ3n) is 8.75. The van der Waals surface area contributed by atoms with Crippen molar-refractivity contribution in [2.24, 2.45) is 0 Å². The predicted molar refractivity (Wildman–Crippen MR) is 264 cm³/mol. The van der Waals surface area contributed by atoms with Gasteiger partial charge in [-0.15, -0.1) is 11.8 Å². The van der Waals surface area contributed by atoms with Gasteiger partial charge in [0.25, 0.3) is 23.5 Å². The molecule has 3 aliphatic heterocycles. The van der Waals surface area contributed by atoms with Gasteiger partial charge in [-0.25, -0.2) is 0 Å². The number of ether oxygens (including phenoxy) is 3. The van der Waals surface area contributed by atoms with Crippen LogP contribution >= 0.6 is 70.3 Å². The van der Waals surface area contributed by atoms with Crippen molar-refractivity contribution in [1.82, 2.24) is 10.6 Å². The minimum absolute atomic E-state index is 0. The number of carbonyl (C=O) groups is 2. The molecule has 0 aromatic carbocycles. The Bertz CT molecular complexity index is 2260. The van der Waals surface area contributed by atoms with Crippen LogP contribution in [-0.4, -0.2) is 152 Å². The van der Waals surface area contributed by atoms with E-state index in [0.717, 1.165) is 14.2 Å². The zero-order valence-electron chi connectivity index (χ0n) is 45.1. The standard InChI is InChI=1S/2C8H19O10P3.C7H17O10P3.2C6H9NO.3Y/c2*1-6-3-7(9)8(17-6)4-16-19(10)5-20(11,12)18-21(13,14)15-2;1-5-2-6(8)7(16-5)3-15-18(9)4-19(10,11)17-20(12,13)14;2*1-3-4-5-7-6(2)8;;;/h2*6-9,19H,3-5H2,1-2H3,(H,11,12)(H,13,14);5-8,18H,2-4H2,1H3,(H,10,11)(H2,12,13,14);2*5H2,1-2H3,(H,7,8);;;/p-6/t2*6-,7?,8+;5-,6?,7+;;;;;/m000...../s1. The Morgan fingerprint density at radius 3 is 0.975 bits per heavy atom. The Morgan fingerprint density at radius 1 is 0.543 bits per heavy atom. The minimum Gasteiger partial charge on any atom is -0.778 e. The molecule has 3 saturated heterocycles. The topological polar surface area (TPSA) is 533 Å². The molecule has 3 heterocycles. The molecule has 18 atom stereocenters. The maximum Gasteiger partial charge on any atom is 0.272 e. The molecule has 0 saturated carbocycles. The third-order valence-corrected chi connectivity index (χ3v) is 24.3. The van der Waals surface area contributed by atoms with Gasteiger partial charge in [0.05, 0.1) is 87.2 Å². The molecule has 6 N–H and O–H groups in total. The molecule has 0 aromatic rings. The number of aliphatic hydroxyl groups excluding tert-OH is 3. The second-order valence-electron chi connectivity index (χ2n) is 15.9. The average molecular weight is 1570 g/mol. The van der Waals surface area contributed by atoms with Crippen LogP contribution in [0.3, 0.4) is 0 Å². The van der Waals surface area contributed by atoms with Crippen LogP contribution in [-0.2, 0) is 199 Å². The van der Waals surface area contributed by atoms with Crippen LogP contribution in [0.5, 0.6) is 0 Å². The van der Waals surface area contributed by atoms with Gasteiger partial charge in [0.15, 0.2) is 46.9 Å². The fraction of sp³-hybridized carbons (Fsp3) is 0.829. The van der Waals surface area contributed by atoms with Gasteiger partial charge in [0, 0.05) is 145 Å². The molecule has 3 rings (SSSR count). The summed E-state index contributed by atoms with van der Waals surface area (Å²) in [5.74, 6) is 7.28. The van der Waals surface area contributed by atoms with Gasteiger partial charge in [0.1, 0.15) is 18.3 Å². The summed E-state index contributed by atoms with van der Waals surface area (Å²) in [6.45, 7) is 11.7. The number of amides is 2. The van der Waals surface area contributed by atoms with E-state index in [0.29, 0.717) is 32.4 Å². The quantitative estimate of drug-likeness (QED) is 0.0452. The van der Waals surface area contributed by atoms with E-state index in [1.54, 1.807) is 34.6 Å². The normalized spacial score (nSPS) is 27.1. The number of rotatable bonds is 25. The molecular formula is C35H67N2O32P9Y3-6. The molecule has 46 heteroatoms. The molecule has 12 unspecified atom stereocenters. The molecule has 0 spiro atoms. The summed E-state index contributed by atoms with van der Waals surface area (Å²) in [6.07, 6.45) is -3.93. The van der Waals surface area contributed by atoms with Crippen LogP contribution in [0, 0.1) is 23.7 Å². The van der Waals surface area contributed by atoms with Gasteiger partial charge in [-0.05, 0) is 34.6 Å². The zero-order valence-corrected chi connectivity index (χ0v) is 62.0. The summed E-state index contributed by atoms with van der Waals surface area (Å²) in [7, 11) is -38.2. The van der Waals surface area contributed by atoms with Crippen LogP contribution in [0.2, 0.25) is 0 Å². The number of phosphoric acid groups is 3. The summed E-state index contributed by atoms with van der Waals surface area (Å²) < 4.78 is 149. The van der Waals surface area contributed by atoms with Crippen molar-refractivity contribution >= 4 is 82.2 Å². The third kappa shape index (κ3) is 51.0. The van der Waals surface area contributed by atoms with Crippen molar-refractivity contribution in [2.45, 2.75) is 123 Å². The Labute approximate surface area is 546 Å². The van der Waals surface area contributed by atoms with Crippen molar-refractivity contribution in [3.05, 3.63) is 0 Å². The van der Waals surface area contributed by atoms with E-state index in [2.05, 4.69) is 56.3 Å². The second-order valence-corrected chi connectivity index (χ2v) is 31.8. The molecule has 3 radical (unpaired) electrons. The second kappa shape index (κ2) is 46.6. The molecule has 81 heavy (non-hydrogen) atoms. The van der Waals surface area contributed by atoms with Crippen LogP contribution < -0.4 is 40.0 Å². The first-order valence-corrected chi connectivity index (χ1v) is 36.4. The van der Waals surface area contributed by atoms with E-state index in [1.807, 2.05) is 0 Å². The van der Waals surface area contributed by atoms with Crippen molar-refractivity contribution in [2.75, 3.05) is 64.8 Å².